The van der Waals surface area contributed by atoms with Crippen molar-refractivity contribution in [2.75, 3.05) is 12.3 Å². The maximum Gasteiger partial charge on any atom is 0.0285 e. The van der Waals surface area contributed by atoms with Crippen molar-refractivity contribution in [3.8, 4) is 0 Å². The zero-order valence-electron chi connectivity index (χ0n) is 12.1. The van der Waals surface area contributed by atoms with Crippen LogP contribution in [0.3, 0.4) is 0 Å². The first kappa shape index (κ1) is 15.4. The third kappa shape index (κ3) is 5.21. The van der Waals surface area contributed by atoms with Crippen molar-refractivity contribution in [3.05, 3.63) is 0 Å². The summed E-state index contributed by atoms with van der Waals surface area (Å²) >= 11 is 2.20. The van der Waals surface area contributed by atoms with Gasteiger partial charge in [0.2, 0.25) is 0 Å². The average Bonchev–Trinajstić information content (AvgIpc) is 2.76. The molecule has 1 nitrogen and oxygen atoms in total. The fourth-order valence-corrected chi connectivity index (χ4v) is 4.34. The van der Waals surface area contributed by atoms with Gasteiger partial charge in [0, 0.05) is 10.8 Å². The molecular formula is C15H31NS. The van der Waals surface area contributed by atoms with Crippen LogP contribution >= 0.6 is 11.8 Å². The van der Waals surface area contributed by atoms with E-state index in [1.807, 2.05) is 0 Å². The van der Waals surface area contributed by atoms with Gasteiger partial charge in [-0.1, -0.05) is 46.0 Å². The molecular weight excluding hydrogens is 226 g/mol. The molecule has 102 valence electrons. The molecule has 0 aromatic rings. The van der Waals surface area contributed by atoms with Gasteiger partial charge in [0.25, 0.3) is 0 Å². The molecule has 1 aliphatic heterocycles. The van der Waals surface area contributed by atoms with Crippen LogP contribution in [0.1, 0.15) is 72.1 Å². The van der Waals surface area contributed by atoms with E-state index in [2.05, 4.69) is 37.8 Å². The Bertz CT molecular complexity index is 187. The molecule has 0 aromatic carbocycles. The minimum absolute atomic E-state index is 0.515. The molecule has 0 saturated carbocycles. The van der Waals surface area contributed by atoms with Gasteiger partial charge in [-0.2, -0.15) is 11.8 Å². The molecule has 2 heteroatoms. The van der Waals surface area contributed by atoms with E-state index >= 15 is 0 Å². The molecule has 1 saturated heterocycles. The number of nitrogens with one attached hydrogen (secondary N) is 1. The lowest BCUT2D eigenvalue weighted by molar-refractivity contribution is 0.374. The molecule has 0 spiro atoms. The molecule has 2 unspecified atom stereocenters. The van der Waals surface area contributed by atoms with Gasteiger partial charge in [0.15, 0.2) is 0 Å². The molecule has 1 rings (SSSR count). The van der Waals surface area contributed by atoms with Crippen LogP contribution in [0.2, 0.25) is 0 Å². The van der Waals surface area contributed by atoms with Crippen molar-refractivity contribution in [1.82, 2.24) is 5.32 Å². The first-order valence-electron chi connectivity index (χ1n) is 7.60. The number of hydrogen-bond acceptors (Lipinski definition) is 2. The Morgan fingerprint density at radius 1 is 1.18 bits per heavy atom. The van der Waals surface area contributed by atoms with E-state index in [-0.39, 0.29) is 0 Å². The van der Waals surface area contributed by atoms with Gasteiger partial charge in [-0.05, 0) is 38.5 Å². The van der Waals surface area contributed by atoms with Crippen LogP contribution in [-0.4, -0.2) is 23.1 Å². The fourth-order valence-electron chi connectivity index (χ4n) is 2.90. The van der Waals surface area contributed by atoms with Crippen LogP contribution in [-0.2, 0) is 0 Å². The van der Waals surface area contributed by atoms with Gasteiger partial charge in [-0.25, -0.2) is 0 Å². The summed E-state index contributed by atoms with van der Waals surface area (Å²) in [7, 11) is 0. The Labute approximate surface area is 113 Å². The van der Waals surface area contributed by atoms with Gasteiger partial charge in [0.1, 0.15) is 0 Å². The summed E-state index contributed by atoms with van der Waals surface area (Å²) in [6, 6.07) is 0.738. The Morgan fingerprint density at radius 3 is 2.53 bits per heavy atom. The van der Waals surface area contributed by atoms with E-state index in [4.69, 9.17) is 0 Å². The quantitative estimate of drug-likeness (QED) is 0.605. The van der Waals surface area contributed by atoms with Gasteiger partial charge in [0.05, 0.1) is 0 Å². The molecule has 0 amide bonds. The molecule has 1 aliphatic rings. The topological polar surface area (TPSA) is 12.0 Å². The minimum atomic E-state index is 0.515. The maximum absolute atomic E-state index is 3.74. The first-order valence-corrected chi connectivity index (χ1v) is 8.59. The molecule has 1 heterocycles. The highest BCUT2D eigenvalue weighted by molar-refractivity contribution is 8.00. The van der Waals surface area contributed by atoms with E-state index in [1.54, 1.807) is 0 Å². The number of unbranched alkanes of at least 4 members (excludes halogenated alkanes) is 4. The van der Waals surface area contributed by atoms with E-state index in [0.29, 0.717) is 4.75 Å². The van der Waals surface area contributed by atoms with Gasteiger partial charge < -0.3 is 5.32 Å². The number of hydrogen-bond donors (Lipinski definition) is 1. The Kier molecular flexibility index (Phi) is 7.61. The Hall–Kier alpha value is 0.310. The molecule has 1 N–H and O–H groups in total. The molecule has 0 aliphatic carbocycles. The minimum Gasteiger partial charge on any atom is -0.313 e. The number of thioether (sulfide) groups is 1. The lowest BCUT2D eigenvalue weighted by atomic mass is 9.91. The van der Waals surface area contributed by atoms with Crippen molar-refractivity contribution >= 4 is 11.8 Å². The van der Waals surface area contributed by atoms with E-state index in [0.717, 1.165) is 12.6 Å². The lowest BCUT2D eigenvalue weighted by Gasteiger charge is -2.34. The molecule has 2 atom stereocenters. The second-order valence-corrected chi connectivity index (χ2v) is 7.21. The van der Waals surface area contributed by atoms with Crippen molar-refractivity contribution in [2.24, 2.45) is 0 Å². The molecule has 0 aromatic heterocycles. The van der Waals surface area contributed by atoms with Crippen LogP contribution in [0.5, 0.6) is 0 Å². The van der Waals surface area contributed by atoms with Gasteiger partial charge >= 0.3 is 0 Å². The summed E-state index contributed by atoms with van der Waals surface area (Å²) < 4.78 is 0.515. The van der Waals surface area contributed by atoms with E-state index < -0.39 is 0 Å². The van der Waals surface area contributed by atoms with Crippen LogP contribution in [0.25, 0.3) is 0 Å². The highest BCUT2D eigenvalue weighted by Gasteiger charge is 2.36. The number of rotatable bonds is 9. The summed E-state index contributed by atoms with van der Waals surface area (Å²) in [5.41, 5.74) is 0. The summed E-state index contributed by atoms with van der Waals surface area (Å²) in [6.45, 7) is 8.13. The smallest absolute Gasteiger partial charge is 0.0285 e. The largest absolute Gasteiger partial charge is 0.313 e. The van der Waals surface area contributed by atoms with Crippen LogP contribution in [0.4, 0.5) is 0 Å². The maximum atomic E-state index is 3.74. The standard InChI is InChI=1S/C15H31NS/c1-4-6-7-8-9-11-14(16-5-2)15(3)12-10-13-17-15/h14,16H,4-13H2,1-3H3. The van der Waals surface area contributed by atoms with Crippen molar-refractivity contribution < 1.29 is 0 Å². The predicted octanol–water partition coefficient (Wildman–Crippen LogP) is 4.61. The third-order valence-corrected chi connectivity index (χ3v) is 5.67. The summed E-state index contributed by atoms with van der Waals surface area (Å²) in [5, 5.41) is 3.74. The summed E-state index contributed by atoms with van der Waals surface area (Å²) in [5.74, 6) is 1.37. The van der Waals surface area contributed by atoms with Crippen LogP contribution in [0, 0.1) is 0 Å². The molecule has 1 fully saturated rings. The second-order valence-electron chi connectivity index (χ2n) is 5.58. The predicted molar refractivity (Wildman–Crippen MR) is 80.9 cm³/mol. The average molecular weight is 257 g/mol. The normalized spacial score (nSPS) is 26.3. The lowest BCUT2D eigenvalue weighted by Crippen LogP contribution is -2.45. The fraction of sp³-hybridized carbons (Fsp3) is 1.00. The SMILES string of the molecule is CCCCCCCC(NCC)C1(C)CCCS1. The second kappa shape index (κ2) is 8.42. The van der Waals surface area contributed by atoms with Crippen LogP contribution in [0.15, 0.2) is 0 Å². The first-order chi connectivity index (χ1) is 8.23. The van der Waals surface area contributed by atoms with E-state index in [1.165, 1.54) is 57.1 Å². The summed E-state index contributed by atoms with van der Waals surface area (Å²) in [6.07, 6.45) is 11.2. The molecule has 17 heavy (non-hydrogen) atoms. The Balaban J connectivity index is 2.27. The molecule has 0 bridgehead atoms. The monoisotopic (exact) mass is 257 g/mol. The van der Waals surface area contributed by atoms with Gasteiger partial charge in [-0.15, -0.1) is 0 Å². The van der Waals surface area contributed by atoms with Gasteiger partial charge in [-0.3, -0.25) is 0 Å². The third-order valence-electron chi connectivity index (χ3n) is 4.03. The molecule has 0 radical (unpaired) electrons. The highest BCUT2D eigenvalue weighted by atomic mass is 32.2. The van der Waals surface area contributed by atoms with Crippen molar-refractivity contribution in [2.45, 2.75) is 82.9 Å². The highest BCUT2D eigenvalue weighted by Crippen LogP contribution is 2.41. The Morgan fingerprint density at radius 2 is 1.94 bits per heavy atom. The zero-order chi connectivity index (χ0) is 12.6. The van der Waals surface area contributed by atoms with Crippen molar-refractivity contribution in [1.29, 1.82) is 0 Å². The van der Waals surface area contributed by atoms with Crippen LogP contribution < -0.4 is 5.32 Å². The van der Waals surface area contributed by atoms with Crippen molar-refractivity contribution in [3.63, 3.8) is 0 Å². The zero-order valence-corrected chi connectivity index (χ0v) is 12.9. The van der Waals surface area contributed by atoms with E-state index in [9.17, 15) is 0 Å². The summed E-state index contributed by atoms with van der Waals surface area (Å²) in [4.78, 5) is 0.